The first-order valence-electron chi connectivity index (χ1n) is 5.81. The first-order valence-corrected chi connectivity index (χ1v) is 5.81. The number of esters is 1. The van der Waals surface area contributed by atoms with Crippen LogP contribution in [-0.4, -0.2) is 5.97 Å². The summed E-state index contributed by atoms with van der Waals surface area (Å²) in [6.45, 7) is 0. The molecule has 1 aliphatic rings. The standard InChI is InChI=1S/C12H10.C4H4O2/c1-3-7-11(8-4-1)12-9-5-2-6-10-12;5-4-2-1-3-6-4/h1-10H;1,3H,2H2. The third kappa shape index (κ3) is 3.59. The van der Waals surface area contributed by atoms with E-state index in [1.54, 1.807) is 6.08 Å². The topological polar surface area (TPSA) is 26.3 Å². The lowest BCUT2D eigenvalue weighted by atomic mass is 10.1. The average molecular weight is 238 g/mol. The highest BCUT2D eigenvalue weighted by Gasteiger charge is 2.00. The third-order valence-corrected chi connectivity index (χ3v) is 2.46. The van der Waals surface area contributed by atoms with E-state index in [-0.39, 0.29) is 5.97 Å². The molecule has 1 aliphatic heterocycles. The van der Waals surface area contributed by atoms with Crippen molar-refractivity contribution in [3.05, 3.63) is 73.0 Å². The second kappa shape index (κ2) is 6.40. The zero-order valence-corrected chi connectivity index (χ0v) is 9.95. The van der Waals surface area contributed by atoms with Crippen LogP contribution in [0.1, 0.15) is 6.42 Å². The van der Waals surface area contributed by atoms with Gasteiger partial charge in [-0.2, -0.15) is 0 Å². The summed E-state index contributed by atoms with van der Waals surface area (Å²) in [6, 6.07) is 20.8. The van der Waals surface area contributed by atoms with Gasteiger partial charge in [-0.05, 0) is 17.2 Å². The molecule has 0 saturated heterocycles. The molecule has 18 heavy (non-hydrogen) atoms. The maximum Gasteiger partial charge on any atom is 0.314 e. The van der Waals surface area contributed by atoms with Gasteiger partial charge in [0.2, 0.25) is 0 Å². The summed E-state index contributed by atoms with van der Waals surface area (Å²) in [5.41, 5.74) is 2.55. The summed E-state index contributed by atoms with van der Waals surface area (Å²) in [4.78, 5) is 9.96. The van der Waals surface area contributed by atoms with Crippen molar-refractivity contribution >= 4 is 5.97 Å². The van der Waals surface area contributed by atoms with Crippen LogP contribution >= 0.6 is 0 Å². The van der Waals surface area contributed by atoms with E-state index in [0.717, 1.165) is 0 Å². The number of ether oxygens (including phenoxy) is 1. The zero-order chi connectivity index (χ0) is 12.6. The molecule has 2 nitrogen and oxygen atoms in total. The molecule has 2 heteroatoms. The highest BCUT2D eigenvalue weighted by Crippen LogP contribution is 2.17. The van der Waals surface area contributed by atoms with Crippen LogP contribution in [0.2, 0.25) is 0 Å². The van der Waals surface area contributed by atoms with Gasteiger partial charge in [-0.15, -0.1) is 0 Å². The van der Waals surface area contributed by atoms with Gasteiger partial charge in [0.1, 0.15) is 0 Å². The summed E-state index contributed by atoms with van der Waals surface area (Å²) in [5, 5.41) is 0. The van der Waals surface area contributed by atoms with Crippen molar-refractivity contribution < 1.29 is 9.53 Å². The summed E-state index contributed by atoms with van der Waals surface area (Å²) in [7, 11) is 0. The lowest BCUT2D eigenvalue weighted by molar-refractivity contribution is -0.135. The van der Waals surface area contributed by atoms with Crippen LogP contribution in [-0.2, 0) is 9.53 Å². The Labute approximate surface area is 107 Å². The second-order valence-corrected chi connectivity index (χ2v) is 3.80. The molecule has 0 bridgehead atoms. The van der Waals surface area contributed by atoms with Crippen molar-refractivity contribution in [2.24, 2.45) is 0 Å². The predicted molar refractivity (Wildman–Crippen MR) is 71.7 cm³/mol. The number of hydrogen-bond acceptors (Lipinski definition) is 2. The van der Waals surface area contributed by atoms with Gasteiger partial charge < -0.3 is 4.74 Å². The number of rotatable bonds is 1. The number of hydrogen-bond donors (Lipinski definition) is 0. The van der Waals surface area contributed by atoms with Gasteiger partial charge in [0.15, 0.2) is 0 Å². The molecule has 0 saturated carbocycles. The predicted octanol–water partition coefficient (Wildman–Crippen LogP) is 3.80. The fourth-order valence-corrected chi connectivity index (χ4v) is 1.58. The molecule has 90 valence electrons. The second-order valence-electron chi connectivity index (χ2n) is 3.80. The molecule has 0 aromatic heterocycles. The number of benzene rings is 2. The molecule has 0 fully saturated rings. The maximum absolute atomic E-state index is 9.96. The Morgan fingerprint density at radius 2 is 1.28 bits per heavy atom. The first kappa shape index (κ1) is 12.1. The third-order valence-electron chi connectivity index (χ3n) is 2.46. The molecule has 2 aromatic rings. The lowest BCUT2D eigenvalue weighted by Crippen LogP contribution is -1.87. The van der Waals surface area contributed by atoms with Gasteiger partial charge >= 0.3 is 5.97 Å². The normalized spacial score (nSPS) is 12.6. The van der Waals surface area contributed by atoms with E-state index in [1.165, 1.54) is 17.4 Å². The van der Waals surface area contributed by atoms with Gasteiger partial charge in [0.05, 0.1) is 12.7 Å². The van der Waals surface area contributed by atoms with Gasteiger partial charge in [-0.3, -0.25) is 4.79 Å². The molecular weight excluding hydrogens is 224 g/mol. The molecule has 1 heterocycles. The summed E-state index contributed by atoms with van der Waals surface area (Å²) in [5.74, 6) is -0.157. The first-order chi connectivity index (χ1) is 8.86. The van der Waals surface area contributed by atoms with Crippen LogP contribution in [0.15, 0.2) is 73.0 Å². The molecule has 0 atom stereocenters. The fourth-order valence-electron chi connectivity index (χ4n) is 1.58. The molecule has 0 spiro atoms. The molecule has 0 N–H and O–H groups in total. The molecule has 2 aromatic carbocycles. The van der Waals surface area contributed by atoms with E-state index < -0.39 is 0 Å². The number of carbonyl (C=O) groups excluding carboxylic acids is 1. The average Bonchev–Trinajstić information content (AvgIpc) is 2.93. The van der Waals surface area contributed by atoms with Crippen LogP contribution in [0.5, 0.6) is 0 Å². The van der Waals surface area contributed by atoms with Gasteiger partial charge in [0, 0.05) is 0 Å². The SMILES string of the molecule is O=C1CC=CO1.c1ccc(-c2ccccc2)cc1. The Morgan fingerprint density at radius 1 is 0.778 bits per heavy atom. The van der Waals surface area contributed by atoms with Crippen LogP contribution in [0, 0.1) is 0 Å². The van der Waals surface area contributed by atoms with E-state index in [0.29, 0.717) is 6.42 Å². The Morgan fingerprint density at radius 3 is 1.56 bits per heavy atom. The minimum absolute atomic E-state index is 0.157. The van der Waals surface area contributed by atoms with E-state index in [1.807, 2.05) is 12.1 Å². The van der Waals surface area contributed by atoms with Crippen LogP contribution in [0.3, 0.4) is 0 Å². The van der Waals surface area contributed by atoms with Gasteiger partial charge in [-0.25, -0.2) is 0 Å². The van der Waals surface area contributed by atoms with Gasteiger partial charge in [-0.1, -0.05) is 60.7 Å². The summed E-state index contributed by atoms with van der Waals surface area (Å²) in [6.07, 6.45) is 3.53. The minimum Gasteiger partial charge on any atom is -0.435 e. The van der Waals surface area contributed by atoms with Gasteiger partial charge in [0.25, 0.3) is 0 Å². The van der Waals surface area contributed by atoms with Crippen LogP contribution in [0.4, 0.5) is 0 Å². The molecule has 3 rings (SSSR count). The Hall–Kier alpha value is -2.35. The maximum atomic E-state index is 9.96. The number of carbonyl (C=O) groups is 1. The van der Waals surface area contributed by atoms with Crippen LogP contribution < -0.4 is 0 Å². The largest absolute Gasteiger partial charge is 0.435 e. The minimum atomic E-state index is -0.157. The van der Waals surface area contributed by atoms with Crippen molar-refractivity contribution in [2.75, 3.05) is 0 Å². The molecular formula is C16H14O2. The Balaban J connectivity index is 0.000000169. The van der Waals surface area contributed by atoms with E-state index in [4.69, 9.17) is 0 Å². The van der Waals surface area contributed by atoms with Crippen molar-refractivity contribution in [1.29, 1.82) is 0 Å². The summed E-state index contributed by atoms with van der Waals surface area (Å²) >= 11 is 0. The summed E-state index contributed by atoms with van der Waals surface area (Å²) < 4.78 is 4.33. The van der Waals surface area contributed by atoms with Crippen molar-refractivity contribution in [3.63, 3.8) is 0 Å². The highest BCUT2D eigenvalue weighted by atomic mass is 16.5. The zero-order valence-electron chi connectivity index (χ0n) is 9.95. The van der Waals surface area contributed by atoms with Crippen LogP contribution in [0.25, 0.3) is 11.1 Å². The highest BCUT2D eigenvalue weighted by molar-refractivity contribution is 5.73. The van der Waals surface area contributed by atoms with Crippen molar-refractivity contribution in [1.82, 2.24) is 0 Å². The fraction of sp³-hybridized carbons (Fsp3) is 0.0625. The Bertz CT molecular complexity index is 468. The number of cyclic esters (lactones) is 1. The molecule has 0 aliphatic carbocycles. The van der Waals surface area contributed by atoms with Crippen molar-refractivity contribution in [3.8, 4) is 11.1 Å². The van der Waals surface area contributed by atoms with Crippen molar-refractivity contribution in [2.45, 2.75) is 6.42 Å². The van der Waals surface area contributed by atoms with E-state index >= 15 is 0 Å². The smallest absolute Gasteiger partial charge is 0.314 e. The Kier molecular flexibility index (Phi) is 4.31. The molecule has 0 unspecified atom stereocenters. The van der Waals surface area contributed by atoms with E-state index in [9.17, 15) is 4.79 Å². The van der Waals surface area contributed by atoms with E-state index in [2.05, 4.69) is 53.3 Å². The molecule has 0 radical (unpaired) electrons. The molecule has 0 amide bonds. The lowest BCUT2D eigenvalue weighted by Gasteiger charge is -1.98. The monoisotopic (exact) mass is 238 g/mol. The quantitative estimate of drug-likeness (QED) is 0.706.